The van der Waals surface area contributed by atoms with Crippen LogP contribution in [0.2, 0.25) is 0 Å². The smallest absolute Gasteiger partial charge is 0.398 e. The maximum Gasteiger partial charge on any atom is 0.488 e. The van der Waals surface area contributed by atoms with Gasteiger partial charge in [-0.3, -0.25) is 0 Å². The van der Waals surface area contributed by atoms with Crippen molar-refractivity contribution in [3.05, 3.63) is 33.2 Å². The second kappa shape index (κ2) is 5.11. The molecule has 0 saturated heterocycles. The molecular formula is C9H11FN4O3S. The quantitative estimate of drug-likeness (QED) is 0.298. The SMILES string of the molecule is Cc1c(CN=[N+]=[N-])cc(OS(=O)(=O)F)c(C)c1N. The lowest BCUT2D eigenvalue weighted by molar-refractivity contribution is 0.438. The van der Waals surface area contributed by atoms with Gasteiger partial charge in [-0.2, -0.15) is 8.42 Å². The molecule has 98 valence electrons. The fraction of sp³-hybridized carbons (Fsp3) is 0.333. The lowest BCUT2D eigenvalue weighted by Gasteiger charge is -2.13. The van der Waals surface area contributed by atoms with Crippen molar-refractivity contribution in [1.82, 2.24) is 0 Å². The zero-order chi connectivity index (χ0) is 13.9. The van der Waals surface area contributed by atoms with Crippen LogP contribution in [0.1, 0.15) is 16.7 Å². The predicted octanol–water partition coefficient (Wildman–Crippen LogP) is 2.29. The maximum absolute atomic E-state index is 12.5. The van der Waals surface area contributed by atoms with E-state index in [2.05, 4.69) is 14.2 Å². The van der Waals surface area contributed by atoms with Crippen molar-refractivity contribution in [1.29, 1.82) is 0 Å². The van der Waals surface area contributed by atoms with Crippen LogP contribution in [-0.2, 0) is 17.0 Å². The van der Waals surface area contributed by atoms with Crippen molar-refractivity contribution < 1.29 is 16.5 Å². The summed E-state index contributed by atoms with van der Waals surface area (Å²) >= 11 is 0. The Kier molecular flexibility index (Phi) is 4.00. The molecule has 9 heteroatoms. The Labute approximate surface area is 103 Å². The van der Waals surface area contributed by atoms with Gasteiger partial charge < -0.3 is 9.92 Å². The molecule has 0 radical (unpaired) electrons. The fourth-order valence-corrected chi connectivity index (χ4v) is 1.82. The van der Waals surface area contributed by atoms with Crippen LogP contribution in [0.15, 0.2) is 11.2 Å². The average molecular weight is 274 g/mol. The monoisotopic (exact) mass is 274 g/mol. The number of hydrogen-bond donors (Lipinski definition) is 1. The molecule has 0 aliphatic rings. The topological polar surface area (TPSA) is 118 Å². The van der Waals surface area contributed by atoms with Gasteiger partial charge in [-0.05, 0) is 36.6 Å². The zero-order valence-electron chi connectivity index (χ0n) is 9.71. The minimum atomic E-state index is -5.13. The second-order valence-electron chi connectivity index (χ2n) is 3.56. The third-order valence-electron chi connectivity index (χ3n) is 2.46. The highest BCUT2D eigenvalue weighted by atomic mass is 32.3. The highest BCUT2D eigenvalue weighted by molar-refractivity contribution is 7.81. The third kappa shape index (κ3) is 3.25. The molecule has 1 aromatic carbocycles. The molecule has 0 atom stereocenters. The summed E-state index contributed by atoms with van der Waals surface area (Å²) in [7, 11) is -5.13. The molecule has 0 aromatic heterocycles. The van der Waals surface area contributed by atoms with E-state index in [9.17, 15) is 12.3 Å². The molecule has 7 nitrogen and oxygen atoms in total. The lowest BCUT2D eigenvalue weighted by Crippen LogP contribution is -2.06. The Balaban J connectivity index is 3.35. The van der Waals surface area contributed by atoms with Gasteiger partial charge >= 0.3 is 10.5 Å². The molecule has 0 aliphatic carbocycles. The first-order valence-corrected chi connectivity index (χ1v) is 6.10. The Bertz CT molecular complexity index is 623. The molecule has 0 saturated carbocycles. The minimum Gasteiger partial charge on any atom is -0.398 e. The van der Waals surface area contributed by atoms with Crippen LogP contribution in [0.3, 0.4) is 0 Å². The van der Waals surface area contributed by atoms with Crippen LogP contribution in [0.25, 0.3) is 10.4 Å². The number of anilines is 1. The highest BCUT2D eigenvalue weighted by Crippen LogP contribution is 2.31. The molecule has 1 rings (SSSR count). The van der Waals surface area contributed by atoms with Crippen LogP contribution < -0.4 is 9.92 Å². The zero-order valence-corrected chi connectivity index (χ0v) is 10.5. The molecule has 0 unspecified atom stereocenters. The number of nitrogen functional groups attached to an aromatic ring is 1. The summed E-state index contributed by atoms with van der Waals surface area (Å²) in [5.74, 6) is -0.219. The summed E-state index contributed by atoms with van der Waals surface area (Å²) < 4.78 is 37.6. The number of nitrogens with zero attached hydrogens (tertiary/aromatic N) is 3. The Morgan fingerprint density at radius 2 is 2.11 bits per heavy atom. The van der Waals surface area contributed by atoms with E-state index in [1.54, 1.807) is 6.92 Å². The van der Waals surface area contributed by atoms with Crippen LogP contribution in [0.4, 0.5) is 9.57 Å². The summed E-state index contributed by atoms with van der Waals surface area (Å²) in [6.45, 7) is 3.15. The van der Waals surface area contributed by atoms with E-state index >= 15 is 0 Å². The Hall–Kier alpha value is -1.99. The van der Waals surface area contributed by atoms with Crippen molar-refractivity contribution in [2.24, 2.45) is 5.11 Å². The minimum absolute atomic E-state index is 0.0322. The third-order valence-corrected chi connectivity index (χ3v) is 2.84. The first kappa shape index (κ1) is 14.1. The number of nitrogens with two attached hydrogens (primary N) is 1. The standard InChI is InChI=1S/C9H11FN4O3S/c1-5-7(4-13-14-12)3-8(6(2)9(5)11)17-18(10,15)16/h3H,4,11H2,1-2H3. The Morgan fingerprint density at radius 1 is 1.50 bits per heavy atom. The number of halogens is 1. The molecule has 0 amide bonds. The van der Waals surface area contributed by atoms with Crippen LogP contribution in [0, 0.1) is 13.8 Å². The fourth-order valence-electron chi connectivity index (χ4n) is 1.43. The van der Waals surface area contributed by atoms with Crippen molar-refractivity contribution in [3.63, 3.8) is 0 Å². The molecule has 2 N–H and O–H groups in total. The molecule has 0 fully saturated rings. The van der Waals surface area contributed by atoms with E-state index in [0.29, 0.717) is 16.7 Å². The maximum atomic E-state index is 12.5. The normalized spacial score (nSPS) is 10.8. The van der Waals surface area contributed by atoms with E-state index in [-0.39, 0.29) is 18.0 Å². The molecule has 0 aliphatic heterocycles. The van der Waals surface area contributed by atoms with E-state index in [1.807, 2.05) is 0 Å². The van der Waals surface area contributed by atoms with E-state index < -0.39 is 10.5 Å². The number of rotatable bonds is 4. The average Bonchev–Trinajstić information content (AvgIpc) is 2.27. The van der Waals surface area contributed by atoms with Gasteiger partial charge in [0.05, 0.1) is 6.54 Å². The van der Waals surface area contributed by atoms with E-state index in [0.717, 1.165) is 0 Å². The molecule has 0 spiro atoms. The first-order chi connectivity index (χ1) is 8.26. The molecule has 1 aromatic rings. The van der Waals surface area contributed by atoms with Gasteiger partial charge in [0.2, 0.25) is 0 Å². The van der Waals surface area contributed by atoms with Crippen molar-refractivity contribution in [3.8, 4) is 5.75 Å². The summed E-state index contributed by atoms with van der Waals surface area (Å²) in [6, 6.07) is 1.28. The summed E-state index contributed by atoms with van der Waals surface area (Å²) in [4.78, 5) is 2.58. The molecule has 0 bridgehead atoms. The predicted molar refractivity (Wildman–Crippen MR) is 63.8 cm³/mol. The summed E-state index contributed by atoms with van der Waals surface area (Å²) in [6.07, 6.45) is 0. The second-order valence-corrected chi connectivity index (χ2v) is 4.52. The van der Waals surface area contributed by atoms with Gasteiger partial charge in [0.1, 0.15) is 0 Å². The molecule has 18 heavy (non-hydrogen) atoms. The van der Waals surface area contributed by atoms with E-state index in [4.69, 9.17) is 11.3 Å². The first-order valence-electron chi connectivity index (χ1n) is 4.79. The van der Waals surface area contributed by atoms with Crippen LogP contribution >= 0.6 is 0 Å². The van der Waals surface area contributed by atoms with Gasteiger partial charge in [-0.1, -0.05) is 9.00 Å². The van der Waals surface area contributed by atoms with Gasteiger partial charge in [0, 0.05) is 16.2 Å². The van der Waals surface area contributed by atoms with E-state index in [1.165, 1.54) is 13.0 Å². The van der Waals surface area contributed by atoms with Crippen molar-refractivity contribution in [2.45, 2.75) is 20.4 Å². The Morgan fingerprint density at radius 3 is 2.61 bits per heavy atom. The number of azide groups is 1. The number of benzene rings is 1. The van der Waals surface area contributed by atoms with Crippen LogP contribution in [0.5, 0.6) is 5.75 Å². The lowest BCUT2D eigenvalue weighted by atomic mass is 10.0. The summed E-state index contributed by atoms with van der Waals surface area (Å²) in [5, 5.41) is 3.34. The van der Waals surface area contributed by atoms with Gasteiger partial charge in [0.15, 0.2) is 5.75 Å². The van der Waals surface area contributed by atoms with Gasteiger partial charge in [0.25, 0.3) is 0 Å². The van der Waals surface area contributed by atoms with Crippen molar-refractivity contribution in [2.75, 3.05) is 5.73 Å². The largest absolute Gasteiger partial charge is 0.488 e. The van der Waals surface area contributed by atoms with Crippen LogP contribution in [-0.4, -0.2) is 8.42 Å². The van der Waals surface area contributed by atoms with Gasteiger partial charge in [-0.25, -0.2) is 0 Å². The summed E-state index contributed by atoms with van der Waals surface area (Å²) in [5.41, 5.74) is 15.6. The molecular weight excluding hydrogens is 263 g/mol. The highest BCUT2D eigenvalue weighted by Gasteiger charge is 2.16. The van der Waals surface area contributed by atoms with Gasteiger partial charge in [-0.15, -0.1) is 0 Å². The molecule has 0 heterocycles. The number of hydrogen-bond acceptors (Lipinski definition) is 5. The van der Waals surface area contributed by atoms with Crippen molar-refractivity contribution >= 4 is 16.2 Å².